The van der Waals surface area contributed by atoms with Gasteiger partial charge in [0.15, 0.2) is 7.37 Å². The van der Waals surface area contributed by atoms with Crippen molar-refractivity contribution in [1.82, 2.24) is 0 Å². The first-order valence-corrected chi connectivity index (χ1v) is 15.5. The Hall–Kier alpha value is -0.130. The van der Waals surface area contributed by atoms with E-state index in [9.17, 15) is 24.5 Å². The quantitative estimate of drug-likeness (QED) is 0.175. The third kappa shape index (κ3) is 8.30. The van der Waals surface area contributed by atoms with E-state index in [2.05, 4.69) is 19.1 Å². The molecule has 3 N–H and O–H groups in total. The minimum Gasteiger partial charge on any atom is -0.396 e. The van der Waals surface area contributed by atoms with Gasteiger partial charge >= 0.3 is 0 Å². The summed E-state index contributed by atoms with van der Waals surface area (Å²) in [7, 11) is -2.91. The highest BCUT2D eigenvalue weighted by molar-refractivity contribution is 8.00. The molecule has 2 rings (SSSR count). The summed E-state index contributed by atoms with van der Waals surface area (Å²) >= 11 is 1.69. The summed E-state index contributed by atoms with van der Waals surface area (Å²) in [5.41, 5.74) is 0.0945. The molecule has 0 radical (unpaired) electrons. The number of unbranched alkanes of at least 4 members (excludes halogenated alkanes) is 3. The molecule has 0 aliphatic heterocycles. The molecule has 0 spiro atoms. The van der Waals surface area contributed by atoms with Crippen molar-refractivity contribution in [3.8, 4) is 0 Å². The number of aliphatic hydroxyl groups is 2. The van der Waals surface area contributed by atoms with Crippen LogP contribution in [0.1, 0.15) is 77.6 Å². The SMILES string of the molecule is CCC1(C(O)C/C=C/[C@H]2[C@H](SCCO)CC(=O)[C@@H]2CCCCCCP(C)(=O)O)CCC1. The van der Waals surface area contributed by atoms with Crippen molar-refractivity contribution in [2.24, 2.45) is 17.3 Å². The van der Waals surface area contributed by atoms with E-state index in [0.29, 0.717) is 30.5 Å². The van der Waals surface area contributed by atoms with Crippen LogP contribution >= 0.6 is 19.1 Å². The molecule has 2 fully saturated rings. The largest absolute Gasteiger partial charge is 0.396 e. The van der Waals surface area contributed by atoms with Gasteiger partial charge in [0.1, 0.15) is 5.78 Å². The van der Waals surface area contributed by atoms with E-state index in [1.807, 2.05) is 0 Å². The maximum Gasteiger partial charge on any atom is 0.197 e. The fourth-order valence-corrected chi connectivity index (χ4v) is 7.24. The monoisotopic (exact) mass is 474 g/mol. The lowest BCUT2D eigenvalue weighted by molar-refractivity contribution is -0.121. The number of carbonyl (C=O) groups is 1. The summed E-state index contributed by atoms with van der Waals surface area (Å²) in [4.78, 5) is 22.1. The Kier molecular flexibility index (Phi) is 11.3. The summed E-state index contributed by atoms with van der Waals surface area (Å²) < 4.78 is 11.4. The van der Waals surface area contributed by atoms with E-state index < -0.39 is 7.37 Å². The number of Topliss-reactive ketones (excluding diaryl/α,β-unsaturated/α-hetero) is 1. The summed E-state index contributed by atoms with van der Waals surface area (Å²) in [5, 5.41) is 20.1. The molecule has 31 heavy (non-hydrogen) atoms. The zero-order valence-corrected chi connectivity index (χ0v) is 21.1. The van der Waals surface area contributed by atoms with E-state index in [1.54, 1.807) is 11.8 Å². The van der Waals surface area contributed by atoms with Gasteiger partial charge in [0.25, 0.3) is 0 Å². The summed E-state index contributed by atoms with van der Waals surface area (Å²) in [5.74, 6) is 1.16. The molecule has 0 saturated heterocycles. The van der Waals surface area contributed by atoms with Crippen molar-refractivity contribution >= 4 is 24.9 Å². The maximum absolute atomic E-state index is 12.7. The highest BCUT2D eigenvalue weighted by Gasteiger charge is 2.42. The normalized spacial score (nSPS) is 28.5. The van der Waals surface area contributed by atoms with Gasteiger partial charge in [0, 0.05) is 36.2 Å². The van der Waals surface area contributed by atoms with Crippen LogP contribution in [0.15, 0.2) is 12.2 Å². The first kappa shape index (κ1) is 27.1. The van der Waals surface area contributed by atoms with Crippen LogP contribution in [0.2, 0.25) is 0 Å². The lowest BCUT2D eigenvalue weighted by Gasteiger charge is -2.45. The molecule has 0 heterocycles. The van der Waals surface area contributed by atoms with Gasteiger partial charge in [-0.05, 0) is 49.9 Å². The molecule has 7 heteroatoms. The second-order valence-corrected chi connectivity index (χ2v) is 13.6. The third-order valence-electron chi connectivity index (χ3n) is 7.45. The first-order chi connectivity index (χ1) is 14.7. The Labute approximate surface area is 192 Å². The van der Waals surface area contributed by atoms with E-state index in [0.717, 1.165) is 51.4 Å². The van der Waals surface area contributed by atoms with E-state index in [-0.39, 0.29) is 35.2 Å². The van der Waals surface area contributed by atoms with Gasteiger partial charge in [-0.2, -0.15) is 11.8 Å². The lowest BCUT2D eigenvalue weighted by atomic mass is 9.63. The number of aliphatic hydroxyl groups excluding tert-OH is 2. The molecule has 0 aromatic heterocycles. The zero-order chi connectivity index (χ0) is 22.9. The fourth-order valence-electron chi connectivity index (χ4n) is 5.24. The molecule has 0 aromatic rings. The van der Waals surface area contributed by atoms with E-state index in [1.165, 1.54) is 13.1 Å². The van der Waals surface area contributed by atoms with Crippen molar-refractivity contribution in [3.05, 3.63) is 12.2 Å². The Bertz CT molecular complexity index is 622. The van der Waals surface area contributed by atoms with Crippen molar-refractivity contribution in [2.75, 3.05) is 25.2 Å². The highest BCUT2D eigenvalue weighted by atomic mass is 32.2. The highest BCUT2D eigenvalue weighted by Crippen LogP contribution is 2.48. The Morgan fingerprint density at radius 2 is 1.97 bits per heavy atom. The number of hydrogen-bond donors (Lipinski definition) is 3. The van der Waals surface area contributed by atoms with Crippen LogP contribution in [0, 0.1) is 17.3 Å². The molecule has 0 aromatic carbocycles. The van der Waals surface area contributed by atoms with Crippen LogP contribution in [0.25, 0.3) is 0 Å². The lowest BCUT2D eigenvalue weighted by Crippen LogP contribution is -2.40. The van der Waals surface area contributed by atoms with Gasteiger partial charge in [-0.15, -0.1) is 0 Å². The first-order valence-electron chi connectivity index (χ1n) is 12.1. The number of hydrogen-bond acceptors (Lipinski definition) is 5. The van der Waals surface area contributed by atoms with Crippen LogP contribution in [0.3, 0.4) is 0 Å². The van der Waals surface area contributed by atoms with Crippen molar-refractivity contribution in [3.63, 3.8) is 0 Å². The van der Waals surface area contributed by atoms with Crippen LogP contribution in [-0.4, -0.2) is 57.4 Å². The summed E-state index contributed by atoms with van der Waals surface area (Å²) in [6.07, 6.45) is 14.5. The number of carbonyl (C=O) groups excluding carboxylic acids is 1. The van der Waals surface area contributed by atoms with Crippen LogP contribution < -0.4 is 0 Å². The van der Waals surface area contributed by atoms with Crippen molar-refractivity contribution in [1.29, 1.82) is 0 Å². The van der Waals surface area contributed by atoms with Crippen LogP contribution in [0.5, 0.6) is 0 Å². The topological polar surface area (TPSA) is 94.8 Å². The van der Waals surface area contributed by atoms with Gasteiger partial charge in [0.05, 0.1) is 12.7 Å². The molecule has 2 unspecified atom stereocenters. The molecule has 180 valence electrons. The summed E-state index contributed by atoms with van der Waals surface area (Å²) in [6, 6.07) is 0. The molecule has 0 amide bonds. The van der Waals surface area contributed by atoms with Gasteiger partial charge in [0.2, 0.25) is 0 Å². The number of ketones is 1. The number of allylic oxidation sites excluding steroid dienone is 1. The molecule has 5 nitrogen and oxygen atoms in total. The maximum atomic E-state index is 12.7. The molecule has 2 saturated carbocycles. The van der Waals surface area contributed by atoms with Crippen molar-refractivity contribution < 1.29 is 24.5 Å². The number of thioether (sulfide) groups is 1. The van der Waals surface area contributed by atoms with Gasteiger partial charge in [-0.3, -0.25) is 9.36 Å². The van der Waals surface area contributed by atoms with E-state index >= 15 is 0 Å². The second kappa shape index (κ2) is 12.9. The zero-order valence-electron chi connectivity index (χ0n) is 19.4. The standard InChI is InChI=1S/C24H43O5PS/c1-3-24(13-9-14-24)23(27)12-8-11-20-19(21(26)18-22(20)31-17-15-25)10-6-4-5-7-16-30(2,28)29/h8,11,19-20,22-23,25,27H,3-7,9-10,12-18H2,1-2H3,(H,28,29)/b11-8+/t19-,20-,22-,23?/m1/s1. The third-order valence-corrected chi connectivity index (χ3v) is 9.92. The minimum atomic E-state index is -2.91. The molecule has 2 aliphatic rings. The van der Waals surface area contributed by atoms with Crippen LogP contribution in [-0.2, 0) is 9.36 Å². The Morgan fingerprint density at radius 1 is 1.26 bits per heavy atom. The fraction of sp³-hybridized carbons (Fsp3) is 0.875. The molecule has 5 atom stereocenters. The average molecular weight is 475 g/mol. The van der Waals surface area contributed by atoms with Gasteiger partial charge < -0.3 is 15.1 Å². The van der Waals surface area contributed by atoms with Crippen molar-refractivity contribution in [2.45, 2.75) is 88.9 Å². The average Bonchev–Trinajstić information content (AvgIpc) is 2.96. The molecule has 2 aliphatic carbocycles. The van der Waals surface area contributed by atoms with Crippen LogP contribution in [0.4, 0.5) is 0 Å². The molecular weight excluding hydrogens is 431 g/mol. The number of rotatable bonds is 15. The second-order valence-electron chi connectivity index (χ2n) is 9.71. The van der Waals surface area contributed by atoms with Gasteiger partial charge in [-0.1, -0.05) is 44.8 Å². The minimum absolute atomic E-state index is 0.0172. The Morgan fingerprint density at radius 3 is 2.55 bits per heavy atom. The Balaban J connectivity index is 1.89. The summed E-state index contributed by atoms with van der Waals surface area (Å²) in [6.45, 7) is 3.70. The predicted molar refractivity (Wildman–Crippen MR) is 130 cm³/mol. The molecule has 0 bridgehead atoms. The van der Waals surface area contributed by atoms with Gasteiger partial charge in [-0.25, -0.2) is 0 Å². The predicted octanol–water partition coefficient (Wildman–Crippen LogP) is 5.02. The molecular formula is C24H43O5PS. The smallest absolute Gasteiger partial charge is 0.197 e. The van der Waals surface area contributed by atoms with E-state index in [4.69, 9.17) is 0 Å².